The lowest BCUT2D eigenvalue weighted by atomic mass is 10.2. The number of para-hydroxylation sites is 1. The molecule has 0 radical (unpaired) electrons. The van der Waals surface area contributed by atoms with E-state index in [9.17, 15) is 4.79 Å². The number of anilines is 1. The normalized spacial score (nSPS) is 10.6. The molecule has 0 aliphatic heterocycles. The Kier molecular flexibility index (Phi) is 5.44. The second kappa shape index (κ2) is 7.31. The van der Waals surface area contributed by atoms with Gasteiger partial charge < -0.3 is 5.32 Å². The summed E-state index contributed by atoms with van der Waals surface area (Å²) in [5, 5.41) is 7.79. The summed E-state index contributed by atoms with van der Waals surface area (Å²) in [6, 6.07) is 11.3. The van der Waals surface area contributed by atoms with Gasteiger partial charge in [0.05, 0.1) is 21.9 Å². The molecule has 7 heteroatoms. The smallest absolute Gasteiger partial charge is 0.305 e. The number of halogens is 3. The quantitative estimate of drug-likeness (QED) is 0.611. The number of carbonyl (C=O) groups is 1. The molecule has 2 aromatic carbocycles. The minimum atomic E-state index is -0.510. The molecule has 2 aromatic rings. The van der Waals surface area contributed by atoms with E-state index in [1.807, 2.05) is 0 Å². The molecular weight excluding hydrogens is 333 g/mol. The number of amides is 2. The Hall–Kier alpha value is -1.75. The lowest BCUT2D eigenvalue weighted by Crippen LogP contribution is -2.24. The van der Waals surface area contributed by atoms with Crippen LogP contribution in [0.3, 0.4) is 0 Å². The Bertz CT molecular complexity index is 689. The molecule has 0 aliphatic carbocycles. The van der Waals surface area contributed by atoms with Crippen molar-refractivity contribution in [2.24, 2.45) is 5.10 Å². The van der Waals surface area contributed by atoms with Gasteiger partial charge in [0.1, 0.15) is 0 Å². The number of nitrogens with one attached hydrogen (secondary N) is 2. The minimum absolute atomic E-state index is 0.442. The first-order valence-corrected chi connectivity index (χ1v) is 6.99. The van der Waals surface area contributed by atoms with Crippen LogP contribution in [0.15, 0.2) is 47.6 Å². The standard InChI is InChI=1S/C14H10Cl3N3O/c15-10-6-5-9(12(17)7-10)8-18-20-14(21)19-13-4-2-1-3-11(13)16/h1-8H,(H2,19,20,21)/b18-8+. The van der Waals surface area contributed by atoms with Crippen molar-refractivity contribution in [1.29, 1.82) is 0 Å². The van der Waals surface area contributed by atoms with Gasteiger partial charge >= 0.3 is 6.03 Å². The SMILES string of the molecule is O=C(N/N=C/c1ccc(Cl)cc1Cl)Nc1ccccc1Cl. The highest BCUT2D eigenvalue weighted by molar-refractivity contribution is 6.36. The van der Waals surface area contributed by atoms with Crippen LogP contribution in [0.2, 0.25) is 15.1 Å². The first-order chi connectivity index (χ1) is 10.1. The number of hydrogen-bond acceptors (Lipinski definition) is 2. The highest BCUT2D eigenvalue weighted by Crippen LogP contribution is 2.20. The van der Waals surface area contributed by atoms with Gasteiger partial charge in [0.25, 0.3) is 0 Å². The zero-order valence-electron chi connectivity index (χ0n) is 10.6. The molecule has 0 aromatic heterocycles. The van der Waals surface area contributed by atoms with Crippen LogP contribution in [-0.2, 0) is 0 Å². The maximum atomic E-state index is 11.6. The second-order valence-electron chi connectivity index (χ2n) is 3.97. The number of urea groups is 1. The van der Waals surface area contributed by atoms with Crippen molar-refractivity contribution in [2.75, 3.05) is 5.32 Å². The van der Waals surface area contributed by atoms with Crippen LogP contribution in [0.1, 0.15) is 5.56 Å². The Balaban J connectivity index is 1.95. The van der Waals surface area contributed by atoms with Gasteiger partial charge in [-0.25, -0.2) is 10.2 Å². The molecule has 0 saturated heterocycles. The van der Waals surface area contributed by atoms with Crippen molar-refractivity contribution < 1.29 is 4.79 Å². The maximum absolute atomic E-state index is 11.6. The van der Waals surface area contributed by atoms with Gasteiger partial charge in [0, 0.05) is 10.6 Å². The molecule has 108 valence electrons. The van der Waals surface area contributed by atoms with Gasteiger partial charge in [0.2, 0.25) is 0 Å². The zero-order chi connectivity index (χ0) is 15.2. The van der Waals surface area contributed by atoms with E-state index in [0.29, 0.717) is 26.3 Å². The zero-order valence-corrected chi connectivity index (χ0v) is 12.9. The molecule has 0 spiro atoms. The number of hydrazone groups is 1. The van der Waals surface area contributed by atoms with Crippen LogP contribution in [0, 0.1) is 0 Å². The van der Waals surface area contributed by atoms with Gasteiger partial charge in [-0.05, 0) is 24.3 Å². The molecular formula is C14H10Cl3N3O. The van der Waals surface area contributed by atoms with Gasteiger partial charge in [0.15, 0.2) is 0 Å². The lowest BCUT2D eigenvalue weighted by molar-refractivity contribution is 0.252. The van der Waals surface area contributed by atoms with Crippen molar-refractivity contribution >= 4 is 52.7 Å². The minimum Gasteiger partial charge on any atom is -0.305 e. The van der Waals surface area contributed by atoms with Gasteiger partial charge in [-0.3, -0.25) is 0 Å². The fraction of sp³-hybridized carbons (Fsp3) is 0. The third-order valence-electron chi connectivity index (χ3n) is 2.45. The van der Waals surface area contributed by atoms with E-state index in [4.69, 9.17) is 34.8 Å². The fourth-order valence-electron chi connectivity index (χ4n) is 1.48. The average molecular weight is 343 g/mol. The van der Waals surface area contributed by atoms with Crippen LogP contribution < -0.4 is 10.7 Å². The van der Waals surface area contributed by atoms with Crippen LogP contribution in [0.5, 0.6) is 0 Å². The van der Waals surface area contributed by atoms with E-state index in [0.717, 1.165) is 0 Å². The summed E-state index contributed by atoms with van der Waals surface area (Å²) in [6.07, 6.45) is 1.42. The van der Waals surface area contributed by atoms with Crippen molar-refractivity contribution in [3.05, 3.63) is 63.1 Å². The molecule has 0 bridgehead atoms. The van der Waals surface area contributed by atoms with Crippen molar-refractivity contribution in [3.63, 3.8) is 0 Å². The maximum Gasteiger partial charge on any atom is 0.339 e. The molecule has 2 N–H and O–H groups in total. The summed E-state index contributed by atoms with van der Waals surface area (Å²) >= 11 is 17.7. The van der Waals surface area contributed by atoms with Crippen molar-refractivity contribution in [1.82, 2.24) is 5.43 Å². The summed E-state index contributed by atoms with van der Waals surface area (Å²) in [6.45, 7) is 0. The van der Waals surface area contributed by atoms with E-state index in [2.05, 4.69) is 15.8 Å². The first kappa shape index (κ1) is 15.6. The molecule has 0 unspecified atom stereocenters. The van der Waals surface area contributed by atoms with Crippen molar-refractivity contribution in [2.45, 2.75) is 0 Å². The predicted octanol–water partition coefficient (Wildman–Crippen LogP) is 4.80. The average Bonchev–Trinajstić information content (AvgIpc) is 2.44. The van der Waals surface area contributed by atoms with Crippen LogP contribution in [0.4, 0.5) is 10.5 Å². The van der Waals surface area contributed by atoms with Crippen molar-refractivity contribution in [3.8, 4) is 0 Å². The van der Waals surface area contributed by atoms with Gasteiger partial charge in [-0.2, -0.15) is 5.10 Å². The third-order valence-corrected chi connectivity index (χ3v) is 3.35. The summed E-state index contributed by atoms with van der Waals surface area (Å²) in [7, 11) is 0. The Morgan fingerprint density at radius 3 is 2.52 bits per heavy atom. The van der Waals surface area contributed by atoms with E-state index >= 15 is 0 Å². The summed E-state index contributed by atoms with van der Waals surface area (Å²) in [4.78, 5) is 11.6. The van der Waals surface area contributed by atoms with Gasteiger partial charge in [-0.15, -0.1) is 0 Å². The molecule has 4 nitrogen and oxygen atoms in total. The molecule has 2 amide bonds. The number of nitrogens with zero attached hydrogens (tertiary/aromatic N) is 1. The van der Waals surface area contributed by atoms with Gasteiger partial charge in [-0.1, -0.05) is 53.0 Å². The highest BCUT2D eigenvalue weighted by atomic mass is 35.5. The molecule has 21 heavy (non-hydrogen) atoms. The predicted molar refractivity (Wildman–Crippen MR) is 87.7 cm³/mol. The molecule has 0 fully saturated rings. The first-order valence-electron chi connectivity index (χ1n) is 5.86. The molecule has 0 aliphatic rings. The van der Waals surface area contributed by atoms with Crippen LogP contribution >= 0.6 is 34.8 Å². The second-order valence-corrected chi connectivity index (χ2v) is 5.22. The molecule has 0 atom stereocenters. The third kappa shape index (κ3) is 4.63. The van der Waals surface area contributed by atoms with E-state index in [1.165, 1.54) is 6.21 Å². The Labute approximate surface area is 136 Å². The number of carbonyl (C=O) groups excluding carboxylic acids is 1. The van der Waals surface area contributed by atoms with E-state index in [1.54, 1.807) is 42.5 Å². The number of rotatable bonds is 3. The summed E-state index contributed by atoms with van der Waals surface area (Å²) in [5.74, 6) is 0. The molecule has 0 heterocycles. The number of hydrogen-bond donors (Lipinski definition) is 2. The summed E-state index contributed by atoms with van der Waals surface area (Å²) in [5.41, 5.74) is 3.45. The fourth-order valence-corrected chi connectivity index (χ4v) is 2.12. The lowest BCUT2D eigenvalue weighted by Gasteiger charge is -2.05. The van der Waals surface area contributed by atoms with E-state index in [-0.39, 0.29) is 0 Å². The Morgan fingerprint density at radius 2 is 1.81 bits per heavy atom. The molecule has 2 rings (SSSR count). The summed E-state index contributed by atoms with van der Waals surface area (Å²) < 4.78 is 0. The molecule has 0 saturated carbocycles. The topological polar surface area (TPSA) is 53.5 Å². The van der Waals surface area contributed by atoms with Crippen LogP contribution in [-0.4, -0.2) is 12.2 Å². The van der Waals surface area contributed by atoms with E-state index < -0.39 is 6.03 Å². The largest absolute Gasteiger partial charge is 0.339 e. The Morgan fingerprint density at radius 1 is 1.05 bits per heavy atom. The highest BCUT2D eigenvalue weighted by Gasteiger charge is 2.03. The number of benzene rings is 2. The van der Waals surface area contributed by atoms with Crippen LogP contribution in [0.25, 0.3) is 0 Å². The monoisotopic (exact) mass is 341 g/mol.